The second-order valence-corrected chi connectivity index (χ2v) is 5.75. The molecule has 0 bridgehead atoms. The summed E-state index contributed by atoms with van der Waals surface area (Å²) in [5, 5.41) is 2.34. The van der Waals surface area contributed by atoms with E-state index in [9.17, 15) is 14.4 Å². The topological polar surface area (TPSA) is 66.5 Å². The van der Waals surface area contributed by atoms with Gasteiger partial charge in [-0.15, -0.1) is 0 Å². The Labute approximate surface area is 124 Å². The number of hydrogen-bond acceptors (Lipinski definition) is 4. The predicted molar refractivity (Wildman–Crippen MR) is 78.8 cm³/mol. The number of ketones is 1. The Kier molecular flexibility index (Phi) is 4.53. The quantitative estimate of drug-likeness (QED) is 0.657. The maximum absolute atomic E-state index is 12.0. The fraction of sp³-hybridized carbons (Fsp3) is 0.438. The largest absolute Gasteiger partial charge is 0.294 e. The van der Waals surface area contributed by atoms with E-state index in [1.165, 1.54) is 0 Å². The minimum absolute atomic E-state index is 0.0844. The molecule has 0 aliphatic carbocycles. The third-order valence-corrected chi connectivity index (χ3v) is 3.86. The van der Waals surface area contributed by atoms with Gasteiger partial charge in [-0.05, 0) is 20.3 Å². The first-order valence-corrected chi connectivity index (χ1v) is 7.09. The van der Waals surface area contributed by atoms with E-state index in [0.29, 0.717) is 24.9 Å². The van der Waals surface area contributed by atoms with Crippen molar-refractivity contribution in [2.75, 3.05) is 13.1 Å². The molecule has 0 saturated carbocycles. The van der Waals surface area contributed by atoms with Crippen LogP contribution in [0.25, 0.3) is 0 Å². The average Bonchev–Trinajstić information content (AvgIpc) is 2.45. The van der Waals surface area contributed by atoms with Crippen molar-refractivity contribution < 1.29 is 14.4 Å². The van der Waals surface area contributed by atoms with Crippen molar-refractivity contribution in [3.63, 3.8) is 0 Å². The summed E-state index contributed by atoms with van der Waals surface area (Å²) in [6.45, 7) is 4.31. The molecule has 0 unspecified atom stereocenters. The molecule has 1 aromatic rings. The highest BCUT2D eigenvalue weighted by Gasteiger charge is 2.40. The first kappa shape index (κ1) is 15.4. The summed E-state index contributed by atoms with van der Waals surface area (Å²) >= 11 is 0. The van der Waals surface area contributed by atoms with Gasteiger partial charge in [0.2, 0.25) is 11.8 Å². The van der Waals surface area contributed by atoms with Crippen LogP contribution in [-0.4, -0.2) is 41.1 Å². The molecule has 1 saturated heterocycles. The summed E-state index contributed by atoms with van der Waals surface area (Å²) in [6, 6.07) is 9.14. The standard InChI is InChI=1S/C16H20N2O3/c1-16(2)15(21)17-14(20)11-18(16)10-6-9-13(19)12-7-4-3-5-8-12/h3-5,7-8H,6,9-11H2,1-2H3,(H,17,20,21). The Morgan fingerprint density at radius 1 is 1.24 bits per heavy atom. The molecule has 0 aromatic heterocycles. The molecule has 2 amide bonds. The van der Waals surface area contributed by atoms with E-state index in [2.05, 4.69) is 5.32 Å². The Hall–Kier alpha value is -2.01. The number of hydrogen-bond donors (Lipinski definition) is 1. The van der Waals surface area contributed by atoms with Crippen molar-refractivity contribution in [1.82, 2.24) is 10.2 Å². The monoisotopic (exact) mass is 288 g/mol. The second kappa shape index (κ2) is 6.18. The van der Waals surface area contributed by atoms with Gasteiger partial charge < -0.3 is 0 Å². The first-order chi connectivity index (χ1) is 9.91. The molecule has 2 rings (SSSR count). The fourth-order valence-corrected chi connectivity index (χ4v) is 2.39. The van der Waals surface area contributed by atoms with Gasteiger partial charge in [0, 0.05) is 18.5 Å². The van der Waals surface area contributed by atoms with Crippen LogP contribution >= 0.6 is 0 Å². The van der Waals surface area contributed by atoms with E-state index in [0.717, 1.165) is 0 Å². The molecule has 1 aromatic carbocycles. The van der Waals surface area contributed by atoms with Crippen LogP contribution in [0.2, 0.25) is 0 Å². The average molecular weight is 288 g/mol. The molecule has 5 heteroatoms. The lowest BCUT2D eigenvalue weighted by molar-refractivity contribution is -0.145. The molecule has 0 atom stereocenters. The van der Waals surface area contributed by atoms with E-state index in [1.807, 2.05) is 23.1 Å². The van der Waals surface area contributed by atoms with Crippen LogP contribution < -0.4 is 5.32 Å². The van der Waals surface area contributed by atoms with Gasteiger partial charge in [0.05, 0.1) is 12.1 Å². The minimum atomic E-state index is -0.719. The lowest BCUT2D eigenvalue weighted by Crippen LogP contribution is -2.64. The van der Waals surface area contributed by atoms with Crippen LogP contribution in [0.4, 0.5) is 0 Å². The first-order valence-electron chi connectivity index (χ1n) is 7.09. The number of piperazine rings is 1. The van der Waals surface area contributed by atoms with E-state index < -0.39 is 5.54 Å². The third kappa shape index (κ3) is 3.55. The zero-order valence-corrected chi connectivity index (χ0v) is 12.4. The second-order valence-electron chi connectivity index (χ2n) is 5.75. The van der Waals surface area contributed by atoms with Crippen molar-refractivity contribution in [2.45, 2.75) is 32.2 Å². The van der Waals surface area contributed by atoms with Crippen LogP contribution in [-0.2, 0) is 9.59 Å². The summed E-state index contributed by atoms with van der Waals surface area (Å²) in [5.74, 6) is -0.483. The number of nitrogens with one attached hydrogen (secondary N) is 1. The predicted octanol–water partition coefficient (Wildman–Crippen LogP) is 1.39. The Bertz CT molecular complexity index is 552. The molecule has 21 heavy (non-hydrogen) atoms. The Morgan fingerprint density at radius 3 is 2.57 bits per heavy atom. The van der Waals surface area contributed by atoms with Crippen LogP contribution in [0.1, 0.15) is 37.0 Å². The number of rotatable bonds is 5. The summed E-state index contributed by atoms with van der Waals surface area (Å²) < 4.78 is 0. The zero-order chi connectivity index (χ0) is 15.5. The fourth-order valence-electron chi connectivity index (χ4n) is 2.39. The van der Waals surface area contributed by atoms with Gasteiger partial charge in [0.25, 0.3) is 0 Å². The van der Waals surface area contributed by atoms with Gasteiger partial charge in [0.1, 0.15) is 0 Å². The highest BCUT2D eigenvalue weighted by Crippen LogP contribution is 2.19. The van der Waals surface area contributed by atoms with E-state index >= 15 is 0 Å². The van der Waals surface area contributed by atoms with Crippen molar-refractivity contribution >= 4 is 17.6 Å². The van der Waals surface area contributed by atoms with Crippen LogP contribution in [0, 0.1) is 0 Å². The summed E-state index contributed by atoms with van der Waals surface area (Å²) in [5.41, 5.74) is -0.0202. The number of nitrogens with zero attached hydrogens (tertiary/aromatic N) is 1. The summed E-state index contributed by atoms with van der Waals surface area (Å²) in [4.78, 5) is 37.1. The van der Waals surface area contributed by atoms with E-state index in [1.54, 1.807) is 26.0 Å². The third-order valence-electron chi connectivity index (χ3n) is 3.86. The Balaban J connectivity index is 1.89. The number of carbonyl (C=O) groups excluding carboxylic acids is 3. The lowest BCUT2D eigenvalue weighted by Gasteiger charge is -2.40. The Morgan fingerprint density at radius 2 is 1.90 bits per heavy atom. The molecule has 0 spiro atoms. The highest BCUT2D eigenvalue weighted by molar-refractivity contribution is 6.03. The van der Waals surface area contributed by atoms with E-state index in [4.69, 9.17) is 0 Å². The molecule has 1 aliphatic rings. The molecular formula is C16H20N2O3. The minimum Gasteiger partial charge on any atom is -0.294 e. The van der Waals surface area contributed by atoms with Gasteiger partial charge in [0.15, 0.2) is 5.78 Å². The van der Waals surface area contributed by atoms with Gasteiger partial charge >= 0.3 is 0 Å². The molecule has 112 valence electrons. The molecule has 1 fully saturated rings. The molecule has 1 N–H and O–H groups in total. The normalized spacial score (nSPS) is 18.4. The molecule has 0 radical (unpaired) electrons. The van der Waals surface area contributed by atoms with E-state index in [-0.39, 0.29) is 24.1 Å². The maximum Gasteiger partial charge on any atom is 0.246 e. The number of carbonyl (C=O) groups is 3. The summed E-state index contributed by atoms with van der Waals surface area (Å²) in [7, 11) is 0. The highest BCUT2D eigenvalue weighted by atomic mass is 16.2. The lowest BCUT2D eigenvalue weighted by atomic mass is 9.97. The molecule has 1 heterocycles. The van der Waals surface area contributed by atoms with Gasteiger partial charge in [-0.3, -0.25) is 24.6 Å². The number of imide groups is 1. The maximum atomic E-state index is 12.0. The number of Topliss-reactive ketones (excluding diaryl/α,β-unsaturated/α-hetero) is 1. The van der Waals surface area contributed by atoms with Crippen LogP contribution in [0.15, 0.2) is 30.3 Å². The number of amides is 2. The van der Waals surface area contributed by atoms with Crippen LogP contribution in [0.5, 0.6) is 0 Å². The SMILES string of the molecule is CC1(C)C(=O)NC(=O)CN1CCCC(=O)c1ccccc1. The van der Waals surface area contributed by atoms with Gasteiger partial charge in [-0.2, -0.15) is 0 Å². The smallest absolute Gasteiger partial charge is 0.246 e. The summed E-state index contributed by atoms with van der Waals surface area (Å²) in [6.07, 6.45) is 1.03. The van der Waals surface area contributed by atoms with Crippen LogP contribution in [0.3, 0.4) is 0 Å². The molecular weight excluding hydrogens is 268 g/mol. The molecule has 5 nitrogen and oxygen atoms in total. The van der Waals surface area contributed by atoms with Crippen molar-refractivity contribution in [3.8, 4) is 0 Å². The van der Waals surface area contributed by atoms with Crippen molar-refractivity contribution in [3.05, 3.63) is 35.9 Å². The van der Waals surface area contributed by atoms with Crippen molar-refractivity contribution in [2.24, 2.45) is 0 Å². The number of benzene rings is 1. The zero-order valence-electron chi connectivity index (χ0n) is 12.4. The van der Waals surface area contributed by atoms with Gasteiger partial charge in [-0.1, -0.05) is 30.3 Å². The molecule has 1 aliphatic heterocycles. The van der Waals surface area contributed by atoms with Gasteiger partial charge in [-0.25, -0.2) is 0 Å². The van der Waals surface area contributed by atoms with Crippen molar-refractivity contribution in [1.29, 1.82) is 0 Å².